The third kappa shape index (κ3) is 4.87. The first kappa shape index (κ1) is 27.4. The summed E-state index contributed by atoms with van der Waals surface area (Å²) >= 11 is 0. The van der Waals surface area contributed by atoms with Crippen molar-refractivity contribution >= 4 is 23.0 Å². The van der Waals surface area contributed by atoms with Crippen molar-refractivity contribution in [3.05, 3.63) is 126 Å². The molecule has 1 unspecified atom stereocenters. The Labute approximate surface area is 253 Å². The number of hydrogen-bond donors (Lipinski definition) is 2. The smallest absolute Gasteiger partial charge is 0.338 e. The number of nitrogens with zero attached hydrogens (tertiary/aromatic N) is 5. The second-order valence-electron chi connectivity index (χ2n) is 11.1. The number of carbonyl (C=O) groups is 1. The molecular weight excluding hydrogens is 555 g/mol. The quantitative estimate of drug-likeness (QED) is 0.214. The van der Waals surface area contributed by atoms with E-state index in [0.717, 1.165) is 52.3 Å². The molecule has 0 aliphatic carbocycles. The highest BCUT2D eigenvalue weighted by Crippen LogP contribution is 2.36. The molecule has 4 heterocycles. The molecule has 6 aromatic rings. The number of aromatic nitrogens is 4. The van der Waals surface area contributed by atoms with E-state index in [-0.39, 0.29) is 11.6 Å². The Kier molecular flexibility index (Phi) is 6.87. The fraction of sp³-hybridized carbons (Fsp3) is 0.143. The van der Waals surface area contributed by atoms with Gasteiger partial charge in [0.1, 0.15) is 17.2 Å². The van der Waals surface area contributed by atoms with Crippen LogP contribution in [0.1, 0.15) is 40.4 Å². The minimum absolute atomic E-state index is 0.0300. The SMILES string of the molecule is CC(c1ccc(C(=O)O)c(F)c1)N1CC(c2ccc(-n3c(-c4cccnc4N)nc4ccc(-c5ccccc5)nc43)cc2)C1. The molecule has 3 N–H and O–H groups in total. The molecule has 1 atom stereocenters. The van der Waals surface area contributed by atoms with Crippen LogP contribution in [-0.2, 0) is 0 Å². The Morgan fingerprint density at radius 3 is 2.43 bits per heavy atom. The van der Waals surface area contributed by atoms with Crippen molar-refractivity contribution in [1.82, 2.24) is 24.4 Å². The first-order chi connectivity index (χ1) is 21.4. The fourth-order valence-corrected chi connectivity index (χ4v) is 5.87. The number of nitrogens with two attached hydrogens (primary N) is 1. The Balaban J connectivity index is 1.18. The topological polar surface area (TPSA) is 110 Å². The summed E-state index contributed by atoms with van der Waals surface area (Å²) in [5, 5.41) is 9.13. The summed E-state index contributed by atoms with van der Waals surface area (Å²) in [6, 6.07) is 30.5. The highest BCUT2D eigenvalue weighted by molar-refractivity contribution is 5.88. The molecule has 218 valence electrons. The van der Waals surface area contributed by atoms with E-state index < -0.39 is 11.8 Å². The minimum atomic E-state index is -1.26. The lowest BCUT2D eigenvalue weighted by atomic mass is 9.88. The lowest BCUT2D eigenvalue weighted by Gasteiger charge is -2.43. The van der Waals surface area contributed by atoms with E-state index in [4.69, 9.17) is 20.8 Å². The Bertz CT molecular complexity index is 2000. The van der Waals surface area contributed by atoms with E-state index >= 15 is 0 Å². The number of hydrogen-bond acceptors (Lipinski definition) is 6. The fourth-order valence-electron chi connectivity index (χ4n) is 5.87. The van der Waals surface area contributed by atoms with Crippen molar-refractivity contribution in [2.24, 2.45) is 0 Å². The second kappa shape index (κ2) is 11.0. The molecule has 0 bridgehead atoms. The predicted octanol–water partition coefficient (Wildman–Crippen LogP) is 6.73. The number of rotatable bonds is 7. The van der Waals surface area contributed by atoms with Crippen molar-refractivity contribution in [1.29, 1.82) is 0 Å². The zero-order valence-corrected chi connectivity index (χ0v) is 23.9. The van der Waals surface area contributed by atoms with Crippen LogP contribution in [0.2, 0.25) is 0 Å². The lowest BCUT2D eigenvalue weighted by molar-refractivity contribution is 0.0691. The molecule has 7 rings (SSSR count). The van der Waals surface area contributed by atoms with E-state index in [0.29, 0.717) is 17.6 Å². The van der Waals surface area contributed by atoms with Gasteiger partial charge in [-0.25, -0.2) is 24.1 Å². The number of nitrogen functional groups attached to an aromatic ring is 1. The van der Waals surface area contributed by atoms with Gasteiger partial charge in [0.25, 0.3) is 0 Å². The number of halogens is 1. The highest BCUT2D eigenvalue weighted by atomic mass is 19.1. The van der Waals surface area contributed by atoms with E-state index in [1.807, 2.05) is 66.1 Å². The summed E-state index contributed by atoms with van der Waals surface area (Å²) in [7, 11) is 0. The summed E-state index contributed by atoms with van der Waals surface area (Å²) in [5.74, 6) is -0.586. The van der Waals surface area contributed by atoms with Crippen LogP contribution >= 0.6 is 0 Å². The van der Waals surface area contributed by atoms with Crippen LogP contribution < -0.4 is 5.73 Å². The number of pyridine rings is 2. The van der Waals surface area contributed by atoms with Crippen LogP contribution in [0.5, 0.6) is 0 Å². The molecule has 9 heteroatoms. The molecule has 0 saturated carbocycles. The van der Waals surface area contributed by atoms with Crippen molar-refractivity contribution in [3.8, 4) is 28.3 Å². The number of anilines is 1. The zero-order valence-electron chi connectivity index (χ0n) is 23.9. The number of carboxylic acid groups (broad SMARTS) is 1. The number of aromatic carboxylic acids is 1. The molecule has 1 saturated heterocycles. The van der Waals surface area contributed by atoms with E-state index in [1.54, 1.807) is 12.3 Å². The van der Waals surface area contributed by atoms with Crippen LogP contribution in [0.15, 0.2) is 103 Å². The number of carboxylic acids is 1. The summed E-state index contributed by atoms with van der Waals surface area (Å²) in [6.45, 7) is 3.65. The maximum atomic E-state index is 14.3. The van der Waals surface area contributed by atoms with Gasteiger partial charge < -0.3 is 10.8 Å². The summed E-state index contributed by atoms with van der Waals surface area (Å²) in [5.41, 5.74) is 12.9. The number of benzene rings is 3. The Morgan fingerprint density at radius 1 is 0.955 bits per heavy atom. The van der Waals surface area contributed by atoms with E-state index in [2.05, 4.69) is 34.1 Å². The van der Waals surface area contributed by atoms with Gasteiger partial charge >= 0.3 is 5.97 Å². The molecule has 1 fully saturated rings. The maximum absolute atomic E-state index is 14.3. The van der Waals surface area contributed by atoms with Gasteiger partial charge in [0, 0.05) is 42.5 Å². The van der Waals surface area contributed by atoms with E-state index in [1.165, 1.54) is 17.7 Å². The standard InChI is InChI=1S/C35H29FN6O2/c1-21(24-11-14-27(35(43)44)29(36)18-24)41-19-25(20-41)22-9-12-26(13-10-22)42-33(28-8-5-17-38-32(28)37)40-31-16-15-30(39-34(31)42)23-6-3-2-4-7-23/h2-18,21,25H,19-20H2,1H3,(H2,37,38)(H,43,44). The number of likely N-dealkylation sites (tertiary alicyclic amines) is 1. The molecule has 0 radical (unpaired) electrons. The van der Waals surface area contributed by atoms with Gasteiger partial charge in [0.15, 0.2) is 11.5 Å². The number of imidazole rings is 1. The molecule has 1 aliphatic heterocycles. The van der Waals surface area contributed by atoms with Crippen LogP contribution in [-0.4, -0.2) is 48.6 Å². The summed E-state index contributed by atoms with van der Waals surface area (Å²) in [6.07, 6.45) is 1.66. The van der Waals surface area contributed by atoms with Crippen molar-refractivity contribution in [2.75, 3.05) is 18.8 Å². The van der Waals surface area contributed by atoms with Gasteiger partial charge in [-0.15, -0.1) is 0 Å². The molecule has 8 nitrogen and oxygen atoms in total. The number of fused-ring (bicyclic) bond motifs is 1. The molecule has 0 amide bonds. The average molecular weight is 585 g/mol. The first-order valence-corrected chi connectivity index (χ1v) is 14.4. The second-order valence-corrected chi connectivity index (χ2v) is 11.1. The zero-order chi connectivity index (χ0) is 30.4. The van der Waals surface area contributed by atoms with Crippen molar-refractivity contribution in [3.63, 3.8) is 0 Å². The summed E-state index contributed by atoms with van der Waals surface area (Å²) < 4.78 is 16.3. The van der Waals surface area contributed by atoms with Crippen LogP contribution in [0.4, 0.5) is 10.2 Å². The van der Waals surface area contributed by atoms with Crippen LogP contribution in [0.25, 0.3) is 39.5 Å². The average Bonchev–Trinajstić information content (AvgIpc) is 3.39. The van der Waals surface area contributed by atoms with Crippen molar-refractivity contribution in [2.45, 2.75) is 18.9 Å². The van der Waals surface area contributed by atoms with Gasteiger partial charge in [0.2, 0.25) is 0 Å². The molecule has 44 heavy (non-hydrogen) atoms. The molecule has 0 spiro atoms. The monoisotopic (exact) mass is 584 g/mol. The van der Waals surface area contributed by atoms with Gasteiger partial charge in [-0.05, 0) is 66.6 Å². The Morgan fingerprint density at radius 2 is 1.73 bits per heavy atom. The van der Waals surface area contributed by atoms with Crippen LogP contribution in [0.3, 0.4) is 0 Å². The first-order valence-electron chi connectivity index (χ1n) is 14.4. The third-order valence-electron chi connectivity index (χ3n) is 8.44. The highest BCUT2D eigenvalue weighted by Gasteiger charge is 2.32. The van der Waals surface area contributed by atoms with Gasteiger partial charge in [-0.3, -0.25) is 9.47 Å². The molecule has 3 aromatic carbocycles. The van der Waals surface area contributed by atoms with Gasteiger partial charge in [0.05, 0.1) is 16.8 Å². The van der Waals surface area contributed by atoms with Crippen molar-refractivity contribution < 1.29 is 14.3 Å². The largest absolute Gasteiger partial charge is 0.478 e. The minimum Gasteiger partial charge on any atom is -0.478 e. The van der Waals surface area contributed by atoms with Gasteiger partial charge in [-0.1, -0.05) is 48.5 Å². The molecular formula is C35H29FN6O2. The molecule has 3 aromatic heterocycles. The summed E-state index contributed by atoms with van der Waals surface area (Å²) in [4.78, 5) is 27.7. The van der Waals surface area contributed by atoms with Crippen LogP contribution in [0, 0.1) is 5.82 Å². The Hall–Kier alpha value is -5.41. The third-order valence-corrected chi connectivity index (χ3v) is 8.44. The molecule has 1 aliphatic rings. The predicted molar refractivity (Wildman–Crippen MR) is 168 cm³/mol. The van der Waals surface area contributed by atoms with E-state index in [9.17, 15) is 9.18 Å². The lowest BCUT2D eigenvalue weighted by Crippen LogP contribution is -2.46. The normalized spacial score (nSPS) is 14.4. The van der Waals surface area contributed by atoms with Gasteiger partial charge in [-0.2, -0.15) is 0 Å². The maximum Gasteiger partial charge on any atom is 0.338 e.